The van der Waals surface area contributed by atoms with E-state index in [2.05, 4.69) is 4.98 Å². The second-order valence-electron chi connectivity index (χ2n) is 5.54. The fourth-order valence-electron chi connectivity index (χ4n) is 3.11. The highest BCUT2D eigenvalue weighted by Crippen LogP contribution is 2.54. The van der Waals surface area contributed by atoms with Gasteiger partial charge >= 0.3 is 5.97 Å². The number of fused-ring (bicyclic) bond motifs is 1. The smallest absolute Gasteiger partial charge is 0.309 e. The number of hydrogen-bond donors (Lipinski definition) is 0. The highest BCUT2D eigenvalue weighted by atomic mass is 16.5. The lowest BCUT2D eigenvalue weighted by atomic mass is 10.0. The first-order chi connectivity index (χ1) is 8.78. The number of nitrogens with zero attached hydrogens (tertiary/aromatic N) is 1. The van der Waals surface area contributed by atoms with E-state index in [-0.39, 0.29) is 18.0 Å². The minimum atomic E-state index is -0.113. The zero-order valence-corrected chi connectivity index (χ0v) is 10.7. The van der Waals surface area contributed by atoms with E-state index in [0.717, 1.165) is 36.7 Å². The number of carbonyl (C=O) groups is 1. The van der Waals surface area contributed by atoms with Gasteiger partial charge in [-0.05, 0) is 55.2 Å². The highest BCUT2D eigenvalue weighted by molar-refractivity contribution is 5.73. The van der Waals surface area contributed by atoms with Crippen molar-refractivity contribution in [2.75, 3.05) is 0 Å². The molecule has 3 atom stereocenters. The van der Waals surface area contributed by atoms with Crippen molar-refractivity contribution >= 4 is 5.97 Å². The third-order valence-corrected chi connectivity index (χ3v) is 4.28. The van der Waals surface area contributed by atoms with Gasteiger partial charge in [0, 0.05) is 12.4 Å². The van der Waals surface area contributed by atoms with Gasteiger partial charge in [-0.15, -0.1) is 0 Å². The zero-order chi connectivity index (χ0) is 12.5. The average Bonchev–Trinajstić information content (AvgIpc) is 3.03. The Morgan fingerprint density at radius 1 is 1.33 bits per heavy atom. The van der Waals surface area contributed by atoms with E-state index in [1.165, 1.54) is 6.42 Å². The number of hydrogen-bond acceptors (Lipinski definition) is 3. The number of aromatic nitrogens is 1. The lowest BCUT2D eigenvalue weighted by molar-refractivity contribution is -0.154. The molecule has 0 saturated heterocycles. The van der Waals surface area contributed by atoms with Gasteiger partial charge in [0.25, 0.3) is 0 Å². The van der Waals surface area contributed by atoms with Crippen molar-refractivity contribution in [1.82, 2.24) is 4.98 Å². The van der Waals surface area contributed by atoms with Crippen molar-refractivity contribution in [2.24, 2.45) is 17.8 Å². The Morgan fingerprint density at radius 3 is 2.61 bits per heavy atom. The Morgan fingerprint density at radius 2 is 2.00 bits per heavy atom. The summed E-state index contributed by atoms with van der Waals surface area (Å²) in [5, 5.41) is 0. The van der Waals surface area contributed by atoms with Gasteiger partial charge in [-0.2, -0.15) is 0 Å². The summed E-state index contributed by atoms with van der Waals surface area (Å²) < 4.78 is 5.67. The Kier molecular flexibility index (Phi) is 3.06. The Hall–Kier alpha value is -1.38. The predicted molar refractivity (Wildman–Crippen MR) is 67.7 cm³/mol. The monoisotopic (exact) mass is 245 g/mol. The molecule has 0 bridgehead atoms. The summed E-state index contributed by atoms with van der Waals surface area (Å²) in [6.07, 6.45) is 7.64. The quantitative estimate of drug-likeness (QED) is 0.765. The topological polar surface area (TPSA) is 39.2 Å². The van der Waals surface area contributed by atoms with Gasteiger partial charge < -0.3 is 4.74 Å². The maximum atomic E-state index is 12.1. The number of rotatable bonds is 4. The molecular formula is C15H19NO2. The van der Waals surface area contributed by atoms with E-state index in [9.17, 15) is 4.79 Å². The van der Waals surface area contributed by atoms with Gasteiger partial charge in [0.1, 0.15) is 6.10 Å². The molecule has 3 nitrogen and oxygen atoms in total. The van der Waals surface area contributed by atoms with E-state index in [1.54, 1.807) is 12.4 Å². The van der Waals surface area contributed by atoms with E-state index >= 15 is 0 Å². The summed E-state index contributed by atoms with van der Waals surface area (Å²) in [5.41, 5.74) is 1.05. The second-order valence-corrected chi connectivity index (χ2v) is 5.54. The van der Waals surface area contributed by atoms with Crippen LogP contribution in [0.1, 0.15) is 44.3 Å². The normalized spacial score (nSPS) is 30.6. The molecule has 1 aromatic heterocycles. The summed E-state index contributed by atoms with van der Waals surface area (Å²) in [6, 6.07) is 3.85. The first-order valence-electron chi connectivity index (χ1n) is 6.88. The number of pyridine rings is 1. The van der Waals surface area contributed by atoms with E-state index in [4.69, 9.17) is 4.74 Å². The molecule has 1 aromatic rings. The summed E-state index contributed by atoms with van der Waals surface area (Å²) in [7, 11) is 0. The molecule has 0 spiro atoms. The molecule has 2 aliphatic carbocycles. The molecule has 0 aromatic carbocycles. The van der Waals surface area contributed by atoms with E-state index in [0.29, 0.717) is 0 Å². The maximum Gasteiger partial charge on any atom is 0.309 e. The molecule has 1 heterocycles. The van der Waals surface area contributed by atoms with Crippen LogP contribution in [0.15, 0.2) is 24.5 Å². The van der Waals surface area contributed by atoms with Gasteiger partial charge in [-0.1, -0.05) is 6.92 Å². The summed E-state index contributed by atoms with van der Waals surface area (Å²) >= 11 is 0. The fourth-order valence-corrected chi connectivity index (χ4v) is 3.11. The van der Waals surface area contributed by atoms with Gasteiger partial charge in [-0.25, -0.2) is 0 Å². The largest absolute Gasteiger partial charge is 0.457 e. The van der Waals surface area contributed by atoms with Crippen LogP contribution in [-0.2, 0) is 9.53 Å². The molecule has 18 heavy (non-hydrogen) atoms. The molecule has 2 fully saturated rings. The van der Waals surface area contributed by atoms with Crippen molar-refractivity contribution in [3.63, 3.8) is 0 Å². The van der Waals surface area contributed by atoms with Crippen LogP contribution in [0.4, 0.5) is 0 Å². The van der Waals surface area contributed by atoms with Crippen molar-refractivity contribution in [3.8, 4) is 0 Å². The van der Waals surface area contributed by atoms with Crippen LogP contribution in [0.3, 0.4) is 0 Å². The minimum absolute atomic E-state index is 0.00543. The number of ether oxygens (including phenoxy) is 1. The van der Waals surface area contributed by atoms with Crippen LogP contribution in [-0.4, -0.2) is 11.0 Å². The van der Waals surface area contributed by atoms with Crippen LogP contribution in [0.5, 0.6) is 0 Å². The Balaban J connectivity index is 1.61. The standard InChI is InChI=1S/C15H19NO2/c1-2-14(10-3-5-16-6-4-10)18-15(17)13-8-11-7-12(11)9-13/h3-6,11-14H,2,7-9H2,1H3. The average molecular weight is 245 g/mol. The number of carbonyl (C=O) groups excluding carboxylic acids is 1. The van der Waals surface area contributed by atoms with Crippen LogP contribution < -0.4 is 0 Å². The molecule has 3 rings (SSSR count). The van der Waals surface area contributed by atoms with Gasteiger partial charge in [0.2, 0.25) is 0 Å². The zero-order valence-electron chi connectivity index (χ0n) is 10.7. The highest BCUT2D eigenvalue weighted by Gasteiger charge is 2.48. The van der Waals surface area contributed by atoms with Crippen molar-refractivity contribution in [3.05, 3.63) is 30.1 Å². The molecule has 0 amide bonds. The van der Waals surface area contributed by atoms with E-state index in [1.807, 2.05) is 19.1 Å². The Bertz CT molecular complexity index is 421. The fraction of sp³-hybridized carbons (Fsp3) is 0.600. The molecule has 2 saturated carbocycles. The molecule has 96 valence electrons. The number of esters is 1. The van der Waals surface area contributed by atoms with Crippen molar-refractivity contribution in [1.29, 1.82) is 0 Å². The lowest BCUT2D eigenvalue weighted by Gasteiger charge is -2.19. The van der Waals surface area contributed by atoms with Gasteiger partial charge in [0.05, 0.1) is 5.92 Å². The predicted octanol–water partition coefficient (Wildman–Crippen LogP) is 3.12. The minimum Gasteiger partial charge on any atom is -0.457 e. The molecule has 3 unspecified atom stereocenters. The molecule has 0 radical (unpaired) electrons. The second kappa shape index (κ2) is 4.71. The van der Waals surface area contributed by atoms with Crippen LogP contribution in [0.25, 0.3) is 0 Å². The summed E-state index contributed by atoms with van der Waals surface area (Å²) in [6.45, 7) is 2.05. The first-order valence-corrected chi connectivity index (χ1v) is 6.88. The first kappa shape index (κ1) is 11.7. The molecule has 0 aliphatic heterocycles. The van der Waals surface area contributed by atoms with Crippen LogP contribution in [0, 0.1) is 17.8 Å². The van der Waals surface area contributed by atoms with Crippen LogP contribution in [0.2, 0.25) is 0 Å². The van der Waals surface area contributed by atoms with Crippen molar-refractivity contribution < 1.29 is 9.53 Å². The summed E-state index contributed by atoms with van der Waals surface area (Å²) in [4.78, 5) is 16.1. The Labute approximate surface area is 108 Å². The third kappa shape index (κ3) is 2.26. The third-order valence-electron chi connectivity index (χ3n) is 4.28. The van der Waals surface area contributed by atoms with Crippen molar-refractivity contribution in [2.45, 2.75) is 38.7 Å². The molecule has 3 heteroatoms. The SMILES string of the molecule is CCC(OC(=O)C1CC2CC2C1)c1ccncc1. The van der Waals surface area contributed by atoms with E-state index < -0.39 is 0 Å². The summed E-state index contributed by atoms with van der Waals surface area (Å²) in [5.74, 6) is 1.81. The molecular weight excluding hydrogens is 226 g/mol. The molecule has 0 N–H and O–H groups in total. The lowest BCUT2D eigenvalue weighted by Crippen LogP contribution is -2.19. The maximum absolute atomic E-state index is 12.1. The van der Waals surface area contributed by atoms with Gasteiger partial charge in [0.15, 0.2) is 0 Å². The van der Waals surface area contributed by atoms with Gasteiger partial charge in [-0.3, -0.25) is 9.78 Å². The molecule has 2 aliphatic rings. The van der Waals surface area contributed by atoms with Crippen LogP contribution >= 0.6 is 0 Å².